The zero-order chi connectivity index (χ0) is 19.5. The van der Waals surface area contributed by atoms with Crippen LogP contribution < -0.4 is 5.32 Å². The Bertz CT molecular complexity index is 835. The molecular formula is C19H26N6O3. The lowest BCUT2D eigenvalue weighted by atomic mass is 10.0. The van der Waals surface area contributed by atoms with Crippen LogP contribution in [0.3, 0.4) is 0 Å². The Labute approximate surface area is 163 Å². The number of ether oxygens (including phenoxy) is 1. The van der Waals surface area contributed by atoms with Gasteiger partial charge in [0.25, 0.3) is 5.91 Å². The van der Waals surface area contributed by atoms with E-state index in [1.54, 1.807) is 6.07 Å². The summed E-state index contributed by atoms with van der Waals surface area (Å²) < 4.78 is 5.17. The summed E-state index contributed by atoms with van der Waals surface area (Å²) in [6.45, 7) is 5.70. The number of nitrogens with one attached hydrogen (secondary N) is 2. The van der Waals surface area contributed by atoms with Crippen molar-refractivity contribution in [1.29, 1.82) is 0 Å². The number of aliphatic hydroxyl groups is 1. The van der Waals surface area contributed by atoms with Crippen molar-refractivity contribution < 1.29 is 14.6 Å². The third-order valence-corrected chi connectivity index (χ3v) is 5.16. The Kier molecular flexibility index (Phi) is 5.65. The molecule has 4 rings (SSSR count). The van der Waals surface area contributed by atoms with Gasteiger partial charge in [0.15, 0.2) is 0 Å². The maximum Gasteiger partial charge on any atom is 0.270 e. The van der Waals surface area contributed by atoms with E-state index < -0.39 is 6.10 Å². The van der Waals surface area contributed by atoms with Crippen LogP contribution in [-0.4, -0.2) is 74.8 Å². The molecule has 0 aliphatic carbocycles. The molecule has 1 saturated heterocycles. The normalized spacial score (nSPS) is 18.4. The number of carbonyl (C=O) groups excluding carboxylic acids is 1. The van der Waals surface area contributed by atoms with Crippen LogP contribution >= 0.6 is 0 Å². The summed E-state index contributed by atoms with van der Waals surface area (Å²) in [6.07, 6.45) is 2.42. The number of imidazole rings is 1. The molecule has 0 bridgehead atoms. The highest BCUT2D eigenvalue weighted by atomic mass is 16.5. The summed E-state index contributed by atoms with van der Waals surface area (Å²) in [6, 6.07) is 1.72. The van der Waals surface area contributed by atoms with Gasteiger partial charge < -0.3 is 20.1 Å². The molecule has 1 fully saturated rings. The molecule has 0 unspecified atom stereocenters. The zero-order valence-corrected chi connectivity index (χ0v) is 16.0. The zero-order valence-electron chi connectivity index (χ0n) is 16.0. The first-order valence-electron chi connectivity index (χ1n) is 9.68. The van der Waals surface area contributed by atoms with Gasteiger partial charge in [-0.1, -0.05) is 0 Å². The Morgan fingerprint density at radius 3 is 3.11 bits per heavy atom. The molecule has 28 heavy (non-hydrogen) atoms. The largest absolute Gasteiger partial charge is 0.390 e. The number of aromatic nitrogens is 4. The maximum absolute atomic E-state index is 12.4. The number of H-pyrrole nitrogens is 1. The predicted molar refractivity (Wildman–Crippen MR) is 101 cm³/mol. The van der Waals surface area contributed by atoms with E-state index in [1.165, 1.54) is 6.33 Å². The van der Waals surface area contributed by atoms with Gasteiger partial charge in [-0.3, -0.25) is 9.69 Å². The number of hydrogen-bond acceptors (Lipinski definition) is 7. The highest BCUT2D eigenvalue weighted by Gasteiger charge is 2.22. The van der Waals surface area contributed by atoms with Gasteiger partial charge in [0.1, 0.15) is 17.8 Å². The summed E-state index contributed by atoms with van der Waals surface area (Å²) in [7, 11) is 0. The third kappa shape index (κ3) is 4.54. The number of amides is 1. The number of β-amino-alcohol motifs (C(OH)–C–C–N with tert-alkyl or cyclic N) is 1. The van der Waals surface area contributed by atoms with Crippen molar-refractivity contribution in [2.45, 2.75) is 32.4 Å². The van der Waals surface area contributed by atoms with Gasteiger partial charge in [0.2, 0.25) is 0 Å². The Morgan fingerprint density at radius 2 is 2.32 bits per heavy atom. The smallest absolute Gasteiger partial charge is 0.270 e. The highest BCUT2D eigenvalue weighted by Crippen LogP contribution is 2.17. The van der Waals surface area contributed by atoms with Crippen LogP contribution in [0.4, 0.5) is 0 Å². The molecule has 1 amide bonds. The fourth-order valence-corrected chi connectivity index (χ4v) is 3.64. The van der Waals surface area contributed by atoms with E-state index in [0.717, 1.165) is 62.1 Å². The number of aryl methyl sites for hydroxylation is 1. The van der Waals surface area contributed by atoms with Gasteiger partial charge in [-0.2, -0.15) is 0 Å². The quantitative estimate of drug-likeness (QED) is 0.606. The van der Waals surface area contributed by atoms with Crippen LogP contribution in [0, 0.1) is 12.8 Å². The first-order chi connectivity index (χ1) is 13.6. The van der Waals surface area contributed by atoms with Gasteiger partial charge >= 0.3 is 0 Å². The molecule has 150 valence electrons. The van der Waals surface area contributed by atoms with Crippen LogP contribution in [-0.2, 0) is 24.1 Å². The molecule has 2 aromatic rings. The van der Waals surface area contributed by atoms with E-state index in [4.69, 9.17) is 4.74 Å². The van der Waals surface area contributed by atoms with Gasteiger partial charge in [-0.25, -0.2) is 15.0 Å². The van der Waals surface area contributed by atoms with Crippen molar-refractivity contribution in [3.8, 4) is 0 Å². The van der Waals surface area contributed by atoms with E-state index in [9.17, 15) is 9.90 Å². The fraction of sp³-hybridized carbons (Fsp3) is 0.579. The molecule has 3 N–H and O–H groups in total. The molecule has 0 radical (unpaired) electrons. The molecule has 0 saturated carbocycles. The Morgan fingerprint density at radius 1 is 1.46 bits per heavy atom. The van der Waals surface area contributed by atoms with Crippen molar-refractivity contribution >= 4 is 5.91 Å². The molecular weight excluding hydrogens is 360 g/mol. The number of carbonyl (C=O) groups is 1. The van der Waals surface area contributed by atoms with Crippen LogP contribution in [0.15, 0.2) is 12.4 Å². The number of aliphatic hydroxyl groups excluding tert-OH is 1. The summed E-state index contributed by atoms with van der Waals surface area (Å²) in [5, 5.41) is 13.1. The Hall–Kier alpha value is -2.36. The monoisotopic (exact) mass is 386 g/mol. The van der Waals surface area contributed by atoms with Gasteiger partial charge in [-0.15, -0.1) is 0 Å². The number of nitrogens with zero attached hydrogens (tertiary/aromatic N) is 4. The topological polar surface area (TPSA) is 116 Å². The number of hydrogen-bond donors (Lipinski definition) is 3. The van der Waals surface area contributed by atoms with Crippen LogP contribution in [0.1, 0.15) is 33.4 Å². The van der Waals surface area contributed by atoms with Gasteiger partial charge in [0, 0.05) is 44.2 Å². The molecule has 2 aliphatic heterocycles. The van der Waals surface area contributed by atoms with E-state index in [0.29, 0.717) is 18.2 Å². The van der Waals surface area contributed by atoms with Crippen LogP contribution in [0.25, 0.3) is 0 Å². The molecule has 1 atom stereocenters. The first-order valence-corrected chi connectivity index (χ1v) is 9.68. The maximum atomic E-state index is 12.4. The second-order valence-corrected chi connectivity index (χ2v) is 7.60. The minimum Gasteiger partial charge on any atom is -0.390 e. The minimum absolute atomic E-state index is 0.181. The third-order valence-electron chi connectivity index (χ3n) is 5.16. The van der Waals surface area contributed by atoms with Crippen LogP contribution in [0.5, 0.6) is 0 Å². The van der Waals surface area contributed by atoms with Gasteiger partial charge in [0.05, 0.1) is 30.7 Å². The fourth-order valence-electron chi connectivity index (χ4n) is 3.64. The molecule has 0 spiro atoms. The lowest BCUT2D eigenvalue weighted by Gasteiger charge is -2.28. The average molecular weight is 386 g/mol. The van der Waals surface area contributed by atoms with Crippen molar-refractivity contribution in [2.75, 3.05) is 32.8 Å². The second-order valence-electron chi connectivity index (χ2n) is 7.60. The molecule has 2 aliphatic rings. The van der Waals surface area contributed by atoms with Gasteiger partial charge in [-0.05, 0) is 19.4 Å². The SMILES string of the molecule is Cc1nc2c([nH]1)CN(C[C@@H](O)CNC(=O)c1cc(CC3COC3)ncn1)CC2. The van der Waals surface area contributed by atoms with Crippen LogP contribution in [0.2, 0.25) is 0 Å². The summed E-state index contributed by atoms with van der Waals surface area (Å²) in [5.74, 6) is 1.10. The number of fused-ring (bicyclic) bond motifs is 1. The van der Waals surface area contributed by atoms with Crippen molar-refractivity contribution in [3.63, 3.8) is 0 Å². The van der Waals surface area contributed by atoms with E-state index >= 15 is 0 Å². The minimum atomic E-state index is -0.650. The predicted octanol–water partition coefficient (Wildman–Crippen LogP) is -0.154. The van der Waals surface area contributed by atoms with E-state index in [1.807, 2.05) is 6.92 Å². The standard InChI is InChI=1S/C19H26N6O3/c1-12-23-16-2-3-25(8-18(16)24-12)7-15(26)6-20-19(27)17-5-14(21-11-22-17)4-13-9-28-10-13/h5,11,13,15,26H,2-4,6-10H2,1H3,(H,20,27)(H,23,24)/t15-/m0/s1. The summed E-state index contributed by atoms with van der Waals surface area (Å²) in [5.41, 5.74) is 3.40. The average Bonchev–Trinajstić information content (AvgIpc) is 3.02. The lowest BCUT2D eigenvalue weighted by molar-refractivity contribution is -0.0316. The van der Waals surface area contributed by atoms with E-state index in [-0.39, 0.29) is 12.5 Å². The Balaban J connectivity index is 1.25. The van der Waals surface area contributed by atoms with Crippen molar-refractivity contribution in [3.05, 3.63) is 41.0 Å². The molecule has 2 aromatic heterocycles. The number of rotatable bonds is 7. The van der Waals surface area contributed by atoms with Crippen molar-refractivity contribution in [2.24, 2.45) is 5.92 Å². The molecule has 0 aromatic carbocycles. The first kappa shape index (κ1) is 19.0. The molecule has 4 heterocycles. The molecule has 9 nitrogen and oxygen atoms in total. The second kappa shape index (κ2) is 8.34. The lowest BCUT2D eigenvalue weighted by Crippen LogP contribution is -2.42. The van der Waals surface area contributed by atoms with E-state index in [2.05, 4.69) is 30.2 Å². The summed E-state index contributed by atoms with van der Waals surface area (Å²) >= 11 is 0. The highest BCUT2D eigenvalue weighted by molar-refractivity contribution is 5.92. The number of aromatic amines is 1. The van der Waals surface area contributed by atoms with Crippen molar-refractivity contribution in [1.82, 2.24) is 30.2 Å². The molecule has 9 heteroatoms. The summed E-state index contributed by atoms with van der Waals surface area (Å²) in [4.78, 5) is 30.6.